The smallest absolute Gasteiger partial charge is 0.254 e. The first kappa shape index (κ1) is 16.0. The fraction of sp³-hybridized carbons (Fsp3) is 0.467. The van der Waals surface area contributed by atoms with E-state index >= 15 is 0 Å². The molecule has 0 spiro atoms. The van der Waals surface area contributed by atoms with Crippen LogP contribution in [0.15, 0.2) is 22.7 Å². The largest absolute Gasteiger partial charge is 0.368 e. The lowest BCUT2D eigenvalue weighted by atomic mass is 10.0. The monoisotopic (exact) mass is 353 g/mol. The lowest BCUT2D eigenvalue weighted by Gasteiger charge is -2.34. The highest BCUT2D eigenvalue weighted by molar-refractivity contribution is 9.10. The highest BCUT2D eigenvalue weighted by atomic mass is 79.9. The molecular weight excluding hydrogens is 334 g/mol. The van der Waals surface area contributed by atoms with Crippen LogP contribution in [0.3, 0.4) is 0 Å². The Morgan fingerprint density at radius 1 is 1.38 bits per heavy atom. The number of hydrogen-bond donors (Lipinski definition) is 2. The number of hydrogen-bond acceptors (Lipinski definition) is 3. The van der Waals surface area contributed by atoms with E-state index in [-0.39, 0.29) is 18.5 Å². The maximum Gasteiger partial charge on any atom is 0.254 e. The van der Waals surface area contributed by atoms with Gasteiger partial charge in [0.05, 0.1) is 6.54 Å². The number of halogens is 1. The molecule has 0 radical (unpaired) electrons. The van der Waals surface area contributed by atoms with Crippen molar-refractivity contribution >= 4 is 27.7 Å². The maximum absolute atomic E-state index is 12.8. The molecule has 1 aliphatic rings. The van der Waals surface area contributed by atoms with Gasteiger partial charge in [0.2, 0.25) is 5.91 Å². The van der Waals surface area contributed by atoms with Gasteiger partial charge in [0.25, 0.3) is 5.91 Å². The highest BCUT2D eigenvalue weighted by Crippen LogP contribution is 2.20. The van der Waals surface area contributed by atoms with Crippen molar-refractivity contribution in [1.29, 1.82) is 0 Å². The van der Waals surface area contributed by atoms with Gasteiger partial charge in [-0.25, -0.2) is 0 Å². The van der Waals surface area contributed by atoms with Crippen LogP contribution in [0.25, 0.3) is 0 Å². The Bertz CT molecular complexity index is 542. The average molecular weight is 354 g/mol. The van der Waals surface area contributed by atoms with Gasteiger partial charge in [0, 0.05) is 16.1 Å². The average Bonchev–Trinajstić information content (AvgIpc) is 2.45. The fourth-order valence-corrected chi connectivity index (χ4v) is 3.15. The third kappa shape index (κ3) is 4.04. The van der Waals surface area contributed by atoms with E-state index in [4.69, 9.17) is 5.73 Å². The summed E-state index contributed by atoms with van der Waals surface area (Å²) in [7, 11) is 0. The predicted octanol–water partition coefficient (Wildman–Crippen LogP) is 1.44. The number of nitrogens with zero attached hydrogens (tertiary/aromatic N) is 1. The van der Waals surface area contributed by atoms with Gasteiger partial charge < -0.3 is 16.0 Å². The number of amides is 2. The van der Waals surface area contributed by atoms with E-state index in [1.165, 1.54) is 0 Å². The SMILES string of the molecule is Cc1cc(Br)ccc1C(=O)N(CC(N)=O)C1CCNCC1. The van der Waals surface area contributed by atoms with Gasteiger partial charge in [-0.15, -0.1) is 0 Å². The number of nitrogens with one attached hydrogen (secondary N) is 1. The van der Waals surface area contributed by atoms with Gasteiger partial charge in [0.1, 0.15) is 0 Å². The van der Waals surface area contributed by atoms with Crippen molar-refractivity contribution in [3.63, 3.8) is 0 Å². The minimum Gasteiger partial charge on any atom is -0.368 e. The molecule has 1 aromatic carbocycles. The molecule has 0 aliphatic carbocycles. The molecule has 0 unspecified atom stereocenters. The van der Waals surface area contributed by atoms with Crippen LogP contribution in [0.5, 0.6) is 0 Å². The van der Waals surface area contributed by atoms with E-state index in [1.54, 1.807) is 11.0 Å². The Hall–Kier alpha value is -1.40. The Morgan fingerprint density at radius 2 is 2.05 bits per heavy atom. The fourth-order valence-electron chi connectivity index (χ4n) is 2.67. The Morgan fingerprint density at radius 3 is 2.62 bits per heavy atom. The molecule has 1 heterocycles. The lowest BCUT2D eigenvalue weighted by Crippen LogP contribution is -2.49. The summed E-state index contributed by atoms with van der Waals surface area (Å²) in [6.45, 7) is 3.57. The van der Waals surface area contributed by atoms with Gasteiger partial charge in [-0.1, -0.05) is 15.9 Å². The van der Waals surface area contributed by atoms with Gasteiger partial charge in [0.15, 0.2) is 0 Å². The number of rotatable bonds is 4. The summed E-state index contributed by atoms with van der Waals surface area (Å²) < 4.78 is 0.930. The third-order valence-electron chi connectivity index (χ3n) is 3.76. The van der Waals surface area contributed by atoms with Gasteiger partial charge in [-0.3, -0.25) is 9.59 Å². The Labute approximate surface area is 133 Å². The molecule has 6 heteroatoms. The summed E-state index contributed by atoms with van der Waals surface area (Å²) in [6.07, 6.45) is 1.68. The summed E-state index contributed by atoms with van der Waals surface area (Å²) in [6, 6.07) is 5.59. The van der Waals surface area contributed by atoms with Crippen LogP contribution in [-0.2, 0) is 4.79 Å². The summed E-state index contributed by atoms with van der Waals surface area (Å²) >= 11 is 3.39. The normalized spacial score (nSPS) is 15.7. The molecule has 0 saturated carbocycles. The van der Waals surface area contributed by atoms with Gasteiger partial charge >= 0.3 is 0 Å². The van der Waals surface area contributed by atoms with E-state index in [0.717, 1.165) is 36.0 Å². The molecule has 0 bridgehead atoms. The van der Waals surface area contributed by atoms with Crippen LogP contribution in [0.4, 0.5) is 0 Å². The minimum absolute atomic E-state index is 0.0288. The maximum atomic E-state index is 12.8. The quantitative estimate of drug-likeness (QED) is 0.859. The molecular formula is C15H20BrN3O2. The molecule has 1 saturated heterocycles. The van der Waals surface area contributed by atoms with Crippen LogP contribution in [0, 0.1) is 6.92 Å². The first-order valence-electron chi connectivity index (χ1n) is 7.05. The molecule has 0 atom stereocenters. The van der Waals surface area contributed by atoms with Crippen LogP contribution in [0.2, 0.25) is 0 Å². The van der Waals surface area contributed by atoms with Crippen LogP contribution >= 0.6 is 15.9 Å². The number of piperidine rings is 1. The number of carbonyl (C=O) groups is 2. The highest BCUT2D eigenvalue weighted by Gasteiger charge is 2.28. The molecule has 2 rings (SSSR count). The standard InChI is InChI=1S/C15H20BrN3O2/c1-10-8-11(16)2-3-13(10)15(21)19(9-14(17)20)12-4-6-18-7-5-12/h2-3,8,12,18H,4-7,9H2,1H3,(H2,17,20). The number of carbonyl (C=O) groups excluding carboxylic acids is 2. The Balaban J connectivity index is 2.26. The summed E-state index contributed by atoms with van der Waals surface area (Å²) in [5.74, 6) is -0.595. The number of aryl methyl sites for hydroxylation is 1. The second-order valence-corrected chi connectivity index (χ2v) is 6.26. The second-order valence-electron chi connectivity index (χ2n) is 5.34. The predicted molar refractivity (Wildman–Crippen MR) is 85.0 cm³/mol. The molecule has 114 valence electrons. The number of nitrogens with two attached hydrogens (primary N) is 1. The zero-order valence-corrected chi connectivity index (χ0v) is 13.6. The van der Waals surface area contributed by atoms with Crippen molar-refractivity contribution in [3.8, 4) is 0 Å². The van der Waals surface area contributed by atoms with Crippen molar-refractivity contribution in [2.75, 3.05) is 19.6 Å². The molecule has 3 N–H and O–H groups in total. The van der Waals surface area contributed by atoms with E-state index in [2.05, 4.69) is 21.2 Å². The summed E-state index contributed by atoms with van der Waals surface area (Å²) in [4.78, 5) is 25.8. The van der Waals surface area contributed by atoms with E-state index in [9.17, 15) is 9.59 Å². The zero-order chi connectivity index (χ0) is 15.4. The van der Waals surface area contributed by atoms with Crippen LogP contribution in [0.1, 0.15) is 28.8 Å². The number of primary amides is 1. The van der Waals surface area contributed by atoms with E-state index in [1.807, 2.05) is 19.1 Å². The van der Waals surface area contributed by atoms with Crippen LogP contribution < -0.4 is 11.1 Å². The summed E-state index contributed by atoms with van der Waals surface area (Å²) in [5, 5.41) is 3.26. The molecule has 0 aromatic heterocycles. The Kier molecular flexibility index (Phi) is 5.36. The molecule has 1 fully saturated rings. The second kappa shape index (κ2) is 7.04. The first-order valence-corrected chi connectivity index (χ1v) is 7.84. The molecule has 1 aliphatic heterocycles. The van der Waals surface area contributed by atoms with E-state index < -0.39 is 5.91 Å². The van der Waals surface area contributed by atoms with Gasteiger partial charge in [-0.05, 0) is 56.6 Å². The van der Waals surface area contributed by atoms with Gasteiger partial charge in [-0.2, -0.15) is 0 Å². The van der Waals surface area contributed by atoms with Crippen molar-refractivity contribution in [3.05, 3.63) is 33.8 Å². The summed E-state index contributed by atoms with van der Waals surface area (Å²) in [5.41, 5.74) is 6.83. The molecule has 1 aromatic rings. The van der Waals surface area contributed by atoms with Crippen molar-refractivity contribution in [2.45, 2.75) is 25.8 Å². The lowest BCUT2D eigenvalue weighted by molar-refractivity contribution is -0.119. The third-order valence-corrected chi connectivity index (χ3v) is 4.25. The zero-order valence-electron chi connectivity index (χ0n) is 12.1. The van der Waals surface area contributed by atoms with Crippen LogP contribution in [-0.4, -0.2) is 42.4 Å². The minimum atomic E-state index is -0.475. The molecule has 21 heavy (non-hydrogen) atoms. The van der Waals surface area contributed by atoms with E-state index in [0.29, 0.717) is 5.56 Å². The van der Waals surface area contributed by atoms with Crippen molar-refractivity contribution in [2.24, 2.45) is 5.73 Å². The topological polar surface area (TPSA) is 75.4 Å². The first-order chi connectivity index (χ1) is 9.99. The van der Waals surface area contributed by atoms with Crippen molar-refractivity contribution in [1.82, 2.24) is 10.2 Å². The number of benzene rings is 1. The molecule has 5 nitrogen and oxygen atoms in total. The van der Waals surface area contributed by atoms with Crippen molar-refractivity contribution < 1.29 is 9.59 Å². The molecule has 2 amide bonds.